The van der Waals surface area contributed by atoms with E-state index < -0.39 is 0 Å². The van der Waals surface area contributed by atoms with Crippen molar-refractivity contribution in [2.24, 2.45) is 0 Å². The van der Waals surface area contributed by atoms with Crippen molar-refractivity contribution in [3.63, 3.8) is 0 Å². The number of methoxy groups -OCH3 is 1. The normalized spacial score (nSPS) is 13.8. The van der Waals surface area contributed by atoms with E-state index in [4.69, 9.17) is 4.74 Å². The smallest absolute Gasteiger partial charge is 0.277 e. The number of carbonyl (C=O) groups excluding carboxylic acids is 1. The number of rotatable bonds is 4. The zero-order chi connectivity index (χ0) is 18.8. The predicted octanol–water partition coefficient (Wildman–Crippen LogP) is 2.41. The average Bonchev–Trinajstić information content (AvgIpc) is 2.86. The van der Waals surface area contributed by atoms with E-state index in [0.29, 0.717) is 17.0 Å². The highest BCUT2D eigenvalue weighted by atomic mass is 16.5. The minimum absolute atomic E-state index is 0.0491. The second-order valence-corrected chi connectivity index (χ2v) is 6.79. The van der Waals surface area contributed by atoms with Gasteiger partial charge in [-0.3, -0.25) is 9.59 Å². The molecule has 0 fully saturated rings. The molecule has 0 bridgehead atoms. The minimum Gasteiger partial charge on any atom is -0.497 e. The van der Waals surface area contributed by atoms with Crippen LogP contribution in [0.2, 0.25) is 0 Å². The summed E-state index contributed by atoms with van der Waals surface area (Å²) >= 11 is 0. The molecule has 1 aromatic carbocycles. The second-order valence-electron chi connectivity index (χ2n) is 6.79. The van der Waals surface area contributed by atoms with Gasteiger partial charge in [0.05, 0.1) is 12.8 Å². The third kappa shape index (κ3) is 3.45. The lowest BCUT2D eigenvalue weighted by atomic mass is 10.1. The maximum atomic E-state index is 13.0. The lowest BCUT2D eigenvalue weighted by Crippen LogP contribution is -2.28. The van der Waals surface area contributed by atoms with E-state index in [1.165, 1.54) is 4.57 Å². The first-order valence-corrected chi connectivity index (χ1v) is 9.19. The van der Waals surface area contributed by atoms with Crippen molar-refractivity contribution < 1.29 is 9.53 Å². The first-order chi connectivity index (χ1) is 13.2. The zero-order valence-corrected chi connectivity index (χ0v) is 15.3. The molecule has 2 heterocycles. The molecule has 2 aromatic heterocycles. The van der Waals surface area contributed by atoms with E-state index in [9.17, 15) is 9.59 Å². The van der Waals surface area contributed by atoms with Crippen LogP contribution in [0.1, 0.15) is 30.5 Å². The molecule has 1 aliphatic carbocycles. The quantitative estimate of drug-likeness (QED) is 0.720. The van der Waals surface area contributed by atoms with Gasteiger partial charge >= 0.3 is 0 Å². The Morgan fingerprint density at radius 3 is 2.93 bits per heavy atom. The highest BCUT2D eigenvalue weighted by Crippen LogP contribution is 2.22. The summed E-state index contributed by atoms with van der Waals surface area (Å²) in [5, 5.41) is 7.38. The fourth-order valence-corrected chi connectivity index (χ4v) is 3.61. The first-order valence-electron chi connectivity index (χ1n) is 9.19. The molecule has 0 saturated carbocycles. The van der Waals surface area contributed by atoms with Crippen molar-refractivity contribution in [2.45, 2.75) is 38.6 Å². The van der Waals surface area contributed by atoms with Crippen LogP contribution >= 0.6 is 0 Å². The molecule has 0 saturated heterocycles. The van der Waals surface area contributed by atoms with Crippen LogP contribution in [0.4, 0.5) is 5.69 Å². The molecule has 1 N–H and O–H groups in total. The van der Waals surface area contributed by atoms with Gasteiger partial charge in [0.15, 0.2) is 0 Å². The Balaban J connectivity index is 1.60. The molecule has 0 radical (unpaired) electrons. The maximum absolute atomic E-state index is 13.0. The van der Waals surface area contributed by atoms with Crippen molar-refractivity contribution in [2.75, 3.05) is 12.4 Å². The molecular weight excluding hydrogens is 344 g/mol. The molecule has 0 unspecified atom stereocenters. The minimum atomic E-state index is -0.264. The van der Waals surface area contributed by atoms with Crippen LogP contribution < -0.4 is 15.6 Å². The Labute approximate surface area is 156 Å². The number of ether oxygens (including phenoxy) is 1. The van der Waals surface area contributed by atoms with Crippen molar-refractivity contribution in [3.05, 3.63) is 58.3 Å². The van der Waals surface area contributed by atoms with Crippen LogP contribution in [-0.2, 0) is 24.2 Å². The van der Waals surface area contributed by atoms with Gasteiger partial charge in [-0.05, 0) is 37.8 Å². The molecule has 7 nitrogen and oxygen atoms in total. The largest absolute Gasteiger partial charge is 0.497 e. The molecule has 140 valence electrons. The Morgan fingerprint density at radius 1 is 1.22 bits per heavy atom. The lowest BCUT2D eigenvalue weighted by molar-refractivity contribution is -0.116. The fourth-order valence-electron chi connectivity index (χ4n) is 3.61. The Bertz CT molecular complexity index is 1050. The maximum Gasteiger partial charge on any atom is 0.277 e. The number of carbonyl (C=O) groups is 1. The number of nitrogens with zero attached hydrogens (tertiary/aromatic N) is 3. The third-order valence-corrected chi connectivity index (χ3v) is 4.95. The number of benzene rings is 1. The number of hydrogen-bond acceptors (Lipinski definition) is 4. The van der Waals surface area contributed by atoms with E-state index in [1.807, 2.05) is 0 Å². The molecule has 1 amide bonds. The topological polar surface area (TPSA) is 77.6 Å². The first kappa shape index (κ1) is 17.3. The highest BCUT2D eigenvalue weighted by molar-refractivity contribution is 5.90. The van der Waals surface area contributed by atoms with Crippen molar-refractivity contribution in [3.8, 4) is 5.75 Å². The predicted molar refractivity (Wildman–Crippen MR) is 102 cm³/mol. The molecular formula is C20H22N4O3. The summed E-state index contributed by atoms with van der Waals surface area (Å²) in [7, 11) is 1.57. The average molecular weight is 366 g/mol. The molecule has 0 spiro atoms. The van der Waals surface area contributed by atoms with Crippen LogP contribution in [0.5, 0.6) is 5.75 Å². The van der Waals surface area contributed by atoms with E-state index >= 15 is 0 Å². The number of aryl methyl sites for hydroxylation is 2. The van der Waals surface area contributed by atoms with E-state index in [1.54, 1.807) is 48.3 Å². The Hall–Kier alpha value is -3.09. The second kappa shape index (κ2) is 7.26. The third-order valence-electron chi connectivity index (χ3n) is 4.95. The number of anilines is 1. The van der Waals surface area contributed by atoms with Gasteiger partial charge in [0.2, 0.25) is 5.91 Å². The number of nitrogens with one attached hydrogen (secondary N) is 1. The van der Waals surface area contributed by atoms with Gasteiger partial charge in [0.1, 0.15) is 17.8 Å². The highest BCUT2D eigenvalue weighted by Gasteiger charge is 2.19. The van der Waals surface area contributed by atoms with Crippen LogP contribution in [0.25, 0.3) is 5.52 Å². The molecule has 0 atom stereocenters. The van der Waals surface area contributed by atoms with Gasteiger partial charge in [-0.2, -0.15) is 5.10 Å². The standard InChI is InChI=1S/C20H22N4O3/c1-27-15-7-5-6-14(12-15)21-18(25)13-23-10-11-24-19(20(23)26)16-8-3-2-4-9-17(16)22-24/h5-7,10-12H,2-4,8-9,13H2,1H3,(H,21,25). The van der Waals surface area contributed by atoms with Gasteiger partial charge in [-0.1, -0.05) is 12.5 Å². The Morgan fingerprint density at radius 2 is 2.07 bits per heavy atom. The number of aromatic nitrogens is 3. The number of hydrogen-bond donors (Lipinski definition) is 1. The molecule has 27 heavy (non-hydrogen) atoms. The van der Waals surface area contributed by atoms with Crippen LogP contribution in [0.3, 0.4) is 0 Å². The molecule has 3 aromatic rings. The van der Waals surface area contributed by atoms with Gasteiger partial charge in [0.25, 0.3) is 5.56 Å². The fraction of sp³-hybridized carbons (Fsp3) is 0.350. The van der Waals surface area contributed by atoms with Gasteiger partial charge in [-0.25, -0.2) is 4.52 Å². The van der Waals surface area contributed by atoms with E-state index in [2.05, 4.69) is 10.4 Å². The van der Waals surface area contributed by atoms with Gasteiger partial charge in [-0.15, -0.1) is 0 Å². The summed E-state index contributed by atoms with van der Waals surface area (Å²) in [6.07, 6.45) is 8.48. The summed E-state index contributed by atoms with van der Waals surface area (Å²) in [6.45, 7) is -0.0491. The summed E-state index contributed by atoms with van der Waals surface area (Å²) < 4.78 is 8.26. The molecule has 0 aliphatic heterocycles. The van der Waals surface area contributed by atoms with Gasteiger partial charge in [0, 0.05) is 29.7 Å². The van der Waals surface area contributed by atoms with Crippen molar-refractivity contribution in [1.29, 1.82) is 0 Å². The lowest BCUT2D eigenvalue weighted by Gasteiger charge is -2.09. The van der Waals surface area contributed by atoms with E-state index in [-0.39, 0.29) is 18.0 Å². The summed E-state index contributed by atoms with van der Waals surface area (Å²) in [6, 6.07) is 7.12. The van der Waals surface area contributed by atoms with Crippen molar-refractivity contribution >= 4 is 17.1 Å². The Kier molecular flexibility index (Phi) is 4.66. The summed E-state index contributed by atoms with van der Waals surface area (Å²) in [5.41, 5.74) is 3.12. The zero-order valence-electron chi connectivity index (χ0n) is 15.3. The SMILES string of the molecule is COc1cccc(NC(=O)Cn2ccn3nc4c(c3c2=O)CCCCC4)c1. The molecule has 4 rings (SSSR count). The summed E-state index contributed by atoms with van der Waals surface area (Å²) in [4.78, 5) is 25.4. The van der Waals surface area contributed by atoms with Crippen LogP contribution in [-0.4, -0.2) is 27.2 Å². The molecule has 7 heteroatoms. The van der Waals surface area contributed by atoms with E-state index in [0.717, 1.165) is 43.4 Å². The summed E-state index contributed by atoms with van der Waals surface area (Å²) in [5.74, 6) is 0.397. The monoisotopic (exact) mass is 366 g/mol. The van der Waals surface area contributed by atoms with Crippen LogP contribution in [0.15, 0.2) is 41.5 Å². The van der Waals surface area contributed by atoms with Gasteiger partial charge < -0.3 is 14.6 Å². The molecule has 1 aliphatic rings. The number of fused-ring (bicyclic) bond motifs is 3. The number of amides is 1. The van der Waals surface area contributed by atoms with Crippen molar-refractivity contribution in [1.82, 2.24) is 14.2 Å². The van der Waals surface area contributed by atoms with Crippen LogP contribution in [0, 0.1) is 0 Å².